The Balaban J connectivity index is 2.19. The molecule has 0 radical (unpaired) electrons. The largest absolute Gasteiger partial charge is 0.480 e. The number of carbonyl (C=O) groups excluding carboxylic acids is 1. The topological polar surface area (TPSA) is 57.6 Å². The van der Waals surface area contributed by atoms with Crippen LogP contribution < -0.4 is 0 Å². The number of carboxylic acids is 1. The Hall–Kier alpha value is -1.06. The van der Waals surface area contributed by atoms with Crippen LogP contribution in [-0.4, -0.2) is 34.5 Å². The number of amides is 1. The number of carboxylic acid groups (broad SMARTS) is 1. The second-order valence-corrected chi connectivity index (χ2v) is 4.54. The molecule has 2 rings (SSSR count). The standard InChI is InChI=1S/C11H17NO3/c1-2-9(13)12-6-7-4-3-5-8(7)10(12)11(14)15/h7-8,10H,2-6H2,1H3,(H,14,15). The van der Waals surface area contributed by atoms with Gasteiger partial charge in [-0.3, -0.25) is 4.79 Å². The van der Waals surface area contributed by atoms with E-state index in [2.05, 4.69) is 0 Å². The normalized spacial score (nSPS) is 34.2. The number of nitrogens with zero attached hydrogens (tertiary/aromatic N) is 1. The zero-order chi connectivity index (χ0) is 11.0. The van der Waals surface area contributed by atoms with E-state index in [0.29, 0.717) is 18.9 Å². The lowest BCUT2D eigenvalue weighted by Gasteiger charge is -2.23. The Morgan fingerprint density at radius 3 is 2.73 bits per heavy atom. The van der Waals surface area contributed by atoms with E-state index in [1.54, 1.807) is 11.8 Å². The molecule has 0 aromatic heterocycles. The SMILES string of the molecule is CCC(=O)N1CC2CCCC2C1C(=O)O. The van der Waals surface area contributed by atoms with E-state index in [4.69, 9.17) is 0 Å². The van der Waals surface area contributed by atoms with E-state index in [9.17, 15) is 14.7 Å². The molecule has 3 atom stereocenters. The zero-order valence-electron chi connectivity index (χ0n) is 8.98. The van der Waals surface area contributed by atoms with Gasteiger partial charge in [0, 0.05) is 13.0 Å². The molecule has 2 aliphatic rings. The van der Waals surface area contributed by atoms with Crippen LogP contribution in [0.2, 0.25) is 0 Å². The minimum atomic E-state index is -0.828. The number of fused-ring (bicyclic) bond motifs is 1. The molecule has 0 bridgehead atoms. The van der Waals surface area contributed by atoms with Crippen molar-refractivity contribution < 1.29 is 14.7 Å². The molecule has 4 heteroatoms. The summed E-state index contributed by atoms with van der Waals surface area (Å²) in [6, 6.07) is -0.551. The third-order valence-corrected chi connectivity index (χ3v) is 3.77. The van der Waals surface area contributed by atoms with Gasteiger partial charge in [0.15, 0.2) is 0 Å². The highest BCUT2D eigenvalue weighted by molar-refractivity contribution is 5.84. The van der Waals surface area contributed by atoms with Crippen molar-refractivity contribution in [3.8, 4) is 0 Å². The summed E-state index contributed by atoms with van der Waals surface area (Å²) in [5, 5.41) is 9.18. The summed E-state index contributed by atoms with van der Waals surface area (Å²) in [5.74, 6) is -0.206. The van der Waals surface area contributed by atoms with E-state index >= 15 is 0 Å². The monoisotopic (exact) mass is 211 g/mol. The summed E-state index contributed by atoms with van der Waals surface area (Å²) < 4.78 is 0. The maximum absolute atomic E-state index is 11.6. The predicted octanol–water partition coefficient (Wildman–Crippen LogP) is 1.11. The van der Waals surface area contributed by atoms with Gasteiger partial charge >= 0.3 is 5.97 Å². The van der Waals surface area contributed by atoms with E-state index in [-0.39, 0.29) is 11.8 Å². The van der Waals surface area contributed by atoms with Gasteiger partial charge in [0.05, 0.1) is 0 Å². The molecule has 84 valence electrons. The van der Waals surface area contributed by atoms with Crippen molar-refractivity contribution in [2.45, 2.75) is 38.6 Å². The highest BCUT2D eigenvalue weighted by atomic mass is 16.4. The fraction of sp³-hybridized carbons (Fsp3) is 0.818. The van der Waals surface area contributed by atoms with E-state index in [1.807, 2.05) is 0 Å². The van der Waals surface area contributed by atoms with Crippen molar-refractivity contribution in [1.29, 1.82) is 0 Å². The van der Waals surface area contributed by atoms with Gasteiger partial charge in [-0.05, 0) is 24.7 Å². The van der Waals surface area contributed by atoms with Gasteiger partial charge in [-0.1, -0.05) is 13.3 Å². The molecule has 2 fully saturated rings. The van der Waals surface area contributed by atoms with Crippen molar-refractivity contribution >= 4 is 11.9 Å². The van der Waals surface area contributed by atoms with Crippen LogP contribution in [0, 0.1) is 11.8 Å². The number of aliphatic carboxylic acids is 1. The van der Waals surface area contributed by atoms with E-state index < -0.39 is 12.0 Å². The van der Waals surface area contributed by atoms with Gasteiger partial charge < -0.3 is 10.0 Å². The second-order valence-electron chi connectivity index (χ2n) is 4.54. The van der Waals surface area contributed by atoms with Crippen molar-refractivity contribution in [1.82, 2.24) is 4.90 Å². The fourth-order valence-electron chi connectivity index (χ4n) is 3.08. The summed E-state index contributed by atoms with van der Waals surface area (Å²) >= 11 is 0. The Morgan fingerprint density at radius 2 is 2.13 bits per heavy atom. The van der Waals surface area contributed by atoms with Crippen LogP contribution >= 0.6 is 0 Å². The molecular formula is C11H17NO3. The fourth-order valence-corrected chi connectivity index (χ4v) is 3.08. The second kappa shape index (κ2) is 3.83. The van der Waals surface area contributed by atoms with Gasteiger partial charge in [-0.2, -0.15) is 0 Å². The Labute approximate surface area is 89.3 Å². The lowest BCUT2D eigenvalue weighted by molar-refractivity contribution is -0.149. The molecule has 0 spiro atoms. The molecule has 3 unspecified atom stereocenters. The Bertz CT molecular complexity index is 290. The molecule has 1 amide bonds. The highest BCUT2D eigenvalue weighted by Gasteiger charge is 2.48. The smallest absolute Gasteiger partial charge is 0.326 e. The minimum Gasteiger partial charge on any atom is -0.480 e. The van der Waals surface area contributed by atoms with Crippen molar-refractivity contribution in [2.24, 2.45) is 11.8 Å². The van der Waals surface area contributed by atoms with Crippen molar-refractivity contribution in [2.75, 3.05) is 6.54 Å². The molecule has 1 aliphatic carbocycles. The number of rotatable bonds is 2. The number of carbonyl (C=O) groups is 2. The lowest BCUT2D eigenvalue weighted by Crippen LogP contribution is -2.42. The summed E-state index contributed by atoms with van der Waals surface area (Å²) in [6.07, 6.45) is 3.58. The van der Waals surface area contributed by atoms with E-state index in [1.165, 1.54) is 0 Å². The average molecular weight is 211 g/mol. The summed E-state index contributed by atoms with van der Waals surface area (Å²) in [5.41, 5.74) is 0. The maximum Gasteiger partial charge on any atom is 0.326 e. The Morgan fingerprint density at radius 1 is 1.40 bits per heavy atom. The lowest BCUT2D eigenvalue weighted by atomic mass is 9.94. The Kier molecular flexibility index (Phi) is 2.67. The molecule has 0 aromatic rings. The number of likely N-dealkylation sites (tertiary alicyclic amines) is 1. The molecule has 1 N–H and O–H groups in total. The molecule has 1 saturated carbocycles. The van der Waals surface area contributed by atoms with Crippen LogP contribution in [0.1, 0.15) is 32.6 Å². The van der Waals surface area contributed by atoms with Crippen molar-refractivity contribution in [3.05, 3.63) is 0 Å². The predicted molar refractivity (Wildman–Crippen MR) is 54.3 cm³/mol. The van der Waals surface area contributed by atoms with Crippen LogP contribution in [0.3, 0.4) is 0 Å². The zero-order valence-corrected chi connectivity index (χ0v) is 8.98. The van der Waals surface area contributed by atoms with Gasteiger partial charge in [-0.15, -0.1) is 0 Å². The summed E-state index contributed by atoms with van der Waals surface area (Å²) in [4.78, 5) is 24.4. The third-order valence-electron chi connectivity index (χ3n) is 3.77. The van der Waals surface area contributed by atoms with E-state index in [0.717, 1.165) is 19.3 Å². The number of hydrogen-bond donors (Lipinski definition) is 1. The first-order valence-electron chi connectivity index (χ1n) is 5.67. The first kappa shape index (κ1) is 10.5. The molecule has 1 aliphatic heterocycles. The maximum atomic E-state index is 11.6. The van der Waals surface area contributed by atoms with Crippen LogP contribution in [0.4, 0.5) is 0 Å². The number of hydrogen-bond acceptors (Lipinski definition) is 2. The quantitative estimate of drug-likeness (QED) is 0.744. The molecular weight excluding hydrogens is 194 g/mol. The summed E-state index contributed by atoms with van der Waals surface area (Å²) in [7, 11) is 0. The average Bonchev–Trinajstić information content (AvgIpc) is 2.73. The first-order valence-corrected chi connectivity index (χ1v) is 5.67. The molecule has 4 nitrogen and oxygen atoms in total. The summed E-state index contributed by atoms with van der Waals surface area (Å²) in [6.45, 7) is 2.45. The molecule has 1 heterocycles. The van der Waals surface area contributed by atoms with Crippen molar-refractivity contribution in [3.63, 3.8) is 0 Å². The van der Waals surface area contributed by atoms with Crippen LogP contribution in [-0.2, 0) is 9.59 Å². The third kappa shape index (κ3) is 1.62. The first-order chi connectivity index (χ1) is 7.15. The molecule has 15 heavy (non-hydrogen) atoms. The van der Waals surface area contributed by atoms with Crippen LogP contribution in [0.25, 0.3) is 0 Å². The molecule has 1 saturated heterocycles. The highest BCUT2D eigenvalue weighted by Crippen LogP contribution is 2.42. The van der Waals surface area contributed by atoms with Crippen LogP contribution in [0.15, 0.2) is 0 Å². The van der Waals surface area contributed by atoms with Gasteiger partial charge in [0.25, 0.3) is 0 Å². The minimum absolute atomic E-state index is 0.0169. The molecule has 0 aromatic carbocycles. The van der Waals surface area contributed by atoms with Gasteiger partial charge in [0.2, 0.25) is 5.91 Å². The van der Waals surface area contributed by atoms with Crippen LogP contribution in [0.5, 0.6) is 0 Å². The van der Waals surface area contributed by atoms with Gasteiger partial charge in [-0.25, -0.2) is 4.79 Å². The van der Waals surface area contributed by atoms with Gasteiger partial charge in [0.1, 0.15) is 6.04 Å².